The van der Waals surface area contributed by atoms with Crippen molar-refractivity contribution in [3.8, 4) is 17.2 Å². The van der Waals surface area contributed by atoms with Gasteiger partial charge in [0, 0.05) is 31.4 Å². The van der Waals surface area contributed by atoms with Crippen LogP contribution in [0.1, 0.15) is 61.4 Å². The van der Waals surface area contributed by atoms with Crippen LogP contribution >= 0.6 is 0 Å². The first-order valence-corrected chi connectivity index (χ1v) is 13.3. The summed E-state index contributed by atoms with van der Waals surface area (Å²) in [5, 5.41) is 0. The number of aliphatic imine (C=N–C) groups is 1. The molecule has 0 aromatic heterocycles. The van der Waals surface area contributed by atoms with Crippen LogP contribution in [0.15, 0.2) is 47.6 Å². The molecule has 7 nitrogen and oxygen atoms in total. The van der Waals surface area contributed by atoms with Crippen LogP contribution in [0.5, 0.6) is 17.2 Å². The van der Waals surface area contributed by atoms with E-state index in [1.807, 2.05) is 30.6 Å². The van der Waals surface area contributed by atoms with Crippen LogP contribution in [0.3, 0.4) is 0 Å². The number of carbonyl (C=O) groups is 1. The number of ether oxygens (including phenoxy) is 3. The van der Waals surface area contributed by atoms with Crippen molar-refractivity contribution in [2.24, 2.45) is 4.99 Å². The van der Waals surface area contributed by atoms with Gasteiger partial charge in [0.1, 0.15) is 5.75 Å². The summed E-state index contributed by atoms with van der Waals surface area (Å²) in [6.07, 6.45) is 10.0. The largest absolute Gasteiger partial charge is 0.494 e. The van der Waals surface area contributed by atoms with E-state index in [0.717, 1.165) is 42.7 Å². The van der Waals surface area contributed by atoms with Gasteiger partial charge in [-0.05, 0) is 56.3 Å². The molecule has 37 heavy (non-hydrogen) atoms. The fraction of sp³-hybridized carbons (Fsp3) is 0.467. The number of hydrogen-bond acceptors (Lipinski definition) is 6. The first-order valence-electron chi connectivity index (χ1n) is 13.3. The molecule has 0 N–H and O–H groups in total. The number of benzene rings is 2. The molecule has 0 saturated heterocycles. The van der Waals surface area contributed by atoms with Gasteiger partial charge in [-0.25, -0.2) is 0 Å². The quantitative estimate of drug-likeness (QED) is 0.315. The van der Waals surface area contributed by atoms with E-state index in [2.05, 4.69) is 38.1 Å². The van der Waals surface area contributed by atoms with E-state index in [1.54, 1.807) is 18.1 Å². The van der Waals surface area contributed by atoms with E-state index in [1.165, 1.54) is 12.8 Å². The SMILES string of the molecule is CCCCCCOc1cc2c(cc1OC)C(=O)N1C=C(c3ccc(OCCCN(C)C)cc3)C[C@H]1C=N2. The molecule has 0 aliphatic carbocycles. The van der Waals surface area contributed by atoms with E-state index in [9.17, 15) is 4.79 Å². The molecule has 198 valence electrons. The maximum Gasteiger partial charge on any atom is 0.260 e. The summed E-state index contributed by atoms with van der Waals surface area (Å²) >= 11 is 0. The maximum atomic E-state index is 13.5. The second-order valence-electron chi connectivity index (χ2n) is 9.88. The Morgan fingerprint density at radius 1 is 1.00 bits per heavy atom. The molecule has 0 spiro atoms. The van der Waals surface area contributed by atoms with Crippen molar-refractivity contribution >= 4 is 23.4 Å². The number of rotatable bonds is 13. The zero-order valence-corrected chi connectivity index (χ0v) is 22.5. The van der Waals surface area contributed by atoms with Gasteiger partial charge < -0.3 is 24.0 Å². The van der Waals surface area contributed by atoms with Crippen molar-refractivity contribution < 1.29 is 19.0 Å². The Hall–Kier alpha value is -3.32. The third-order valence-electron chi connectivity index (χ3n) is 6.71. The fourth-order valence-corrected chi connectivity index (χ4v) is 4.62. The van der Waals surface area contributed by atoms with E-state index < -0.39 is 0 Å². The molecule has 0 fully saturated rings. The van der Waals surface area contributed by atoms with Gasteiger partial charge in [0.15, 0.2) is 11.5 Å². The van der Waals surface area contributed by atoms with Gasteiger partial charge in [0.2, 0.25) is 0 Å². The van der Waals surface area contributed by atoms with Crippen LogP contribution in [0.2, 0.25) is 0 Å². The van der Waals surface area contributed by atoms with Gasteiger partial charge in [0.05, 0.1) is 37.6 Å². The lowest BCUT2D eigenvalue weighted by atomic mass is 10.0. The van der Waals surface area contributed by atoms with Crippen LogP contribution in [-0.2, 0) is 0 Å². The Balaban J connectivity index is 1.44. The average molecular weight is 506 g/mol. The highest BCUT2D eigenvalue weighted by atomic mass is 16.5. The molecule has 7 heteroatoms. The topological polar surface area (TPSA) is 63.6 Å². The Morgan fingerprint density at radius 2 is 1.78 bits per heavy atom. The number of unbranched alkanes of at least 4 members (excludes halogenated alkanes) is 3. The molecule has 2 aromatic rings. The van der Waals surface area contributed by atoms with E-state index in [0.29, 0.717) is 42.4 Å². The van der Waals surface area contributed by atoms with Gasteiger partial charge in [-0.1, -0.05) is 38.3 Å². The Morgan fingerprint density at radius 3 is 2.51 bits per heavy atom. The summed E-state index contributed by atoms with van der Waals surface area (Å²) in [6.45, 7) is 4.50. The lowest BCUT2D eigenvalue weighted by Gasteiger charge is -2.19. The summed E-state index contributed by atoms with van der Waals surface area (Å²) in [5.74, 6) is 1.96. The number of nitrogens with zero attached hydrogens (tertiary/aromatic N) is 3. The van der Waals surface area contributed by atoms with Crippen molar-refractivity contribution in [2.45, 2.75) is 51.5 Å². The van der Waals surface area contributed by atoms with Gasteiger partial charge in [0.25, 0.3) is 5.91 Å². The van der Waals surface area contributed by atoms with Gasteiger partial charge in [-0.15, -0.1) is 0 Å². The second-order valence-corrected chi connectivity index (χ2v) is 9.88. The van der Waals surface area contributed by atoms with Crippen LogP contribution < -0.4 is 14.2 Å². The molecule has 1 amide bonds. The summed E-state index contributed by atoms with van der Waals surface area (Å²) in [5.41, 5.74) is 3.33. The highest BCUT2D eigenvalue weighted by Gasteiger charge is 2.33. The van der Waals surface area contributed by atoms with Crippen molar-refractivity contribution in [2.75, 3.05) is 41.0 Å². The minimum Gasteiger partial charge on any atom is -0.494 e. The first kappa shape index (κ1) is 26.7. The molecule has 2 aromatic carbocycles. The zero-order valence-electron chi connectivity index (χ0n) is 22.5. The highest BCUT2D eigenvalue weighted by Crippen LogP contribution is 2.40. The van der Waals surface area contributed by atoms with Gasteiger partial charge in [-0.3, -0.25) is 9.79 Å². The van der Waals surface area contributed by atoms with E-state index >= 15 is 0 Å². The number of hydrogen-bond donors (Lipinski definition) is 0. The summed E-state index contributed by atoms with van der Waals surface area (Å²) < 4.78 is 17.4. The van der Waals surface area contributed by atoms with E-state index in [4.69, 9.17) is 19.2 Å². The van der Waals surface area contributed by atoms with Crippen LogP contribution in [0.4, 0.5) is 5.69 Å². The molecule has 0 saturated carbocycles. The third kappa shape index (κ3) is 6.72. The Bertz CT molecular complexity index is 1120. The second kappa shape index (κ2) is 12.8. The lowest BCUT2D eigenvalue weighted by Crippen LogP contribution is -2.32. The van der Waals surface area contributed by atoms with E-state index in [-0.39, 0.29) is 11.9 Å². The minimum atomic E-state index is -0.124. The predicted octanol–water partition coefficient (Wildman–Crippen LogP) is 5.96. The third-order valence-corrected chi connectivity index (χ3v) is 6.71. The van der Waals surface area contributed by atoms with Crippen LogP contribution in [0, 0.1) is 0 Å². The maximum absolute atomic E-state index is 13.5. The zero-order chi connectivity index (χ0) is 26.2. The molecule has 2 aliphatic heterocycles. The van der Waals surface area contributed by atoms with Crippen LogP contribution in [0.25, 0.3) is 5.57 Å². The minimum absolute atomic E-state index is 0.0823. The Labute approximate surface area is 220 Å². The molecule has 0 bridgehead atoms. The highest BCUT2D eigenvalue weighted by molar-refractivity contribution is 6.05. The molecule has 4 rings (SSSR count). The van der Waals surface area contributed by atoms with Crippen molar-refractivity contribution in [1.82, 2.24) is 9.80 Å². The molecular formula is C30H39N3O4. The molecule has 2 heterocycles. The number of carbonyl (C=O) groups excluding carboxylic acids is 1. The standard InChI is InChI=1S/C30H39N3O4/c1-5-6-7-8-15-37-29-19-27-26(18-28(29)35-4)30(34)33-21-23(17-24(33)20-31-27)22-10-12-25(13-11-22)36-16-9-14-32(2)3/h10-13,18-21,24H,5-9,14-17H2,1-4H3/t24-/m0/s1. The van der Waals surface area contributed by atoms with Crippen molar-refractivity contribution in [3.05, 3.63) is 53.7 Å². The average Bonchev–Trinajstić information content (AvgIpc) is 3.29. The van der Waals surface area contributed by atoms with Gasteiger partial charge in [-0.2, -0.15) is 0 Å². The molecule has 1 atom stereocenters. The lowest BCUT2D eigenvalue weighted by molar-refractivity contribution is 0.0817. The smallest absolute Gasteiger partial charge is 0.260 e. The molecule has 0 unspecified atom stereocenters. The molecule has 0 radical (unpaired) electrons. The predicted molar refractivity (Wildman–Crippen MR) is 148 cm³/mol. The molecule has 2 aliphatic rings. The fourth-order valence-electron chi connectivity index (χ4n) is 4.62. The Kier molecular flexibility index (Phi) is 9.23. The van der Waals surface area contributed by atoms with Gasteiger partial charge >= 0.3 is 0 Å². The van der Waals surface area contributed by atoms with Crippen molar-refractivity contribution in [1.29, 1.82) is 0 Å². The monoisotopic (exact) mass is 505 g/mol. The summed E-state index contributed by atoms with van der Waals surface area (Å²) in [4.78, 5) is 22.2. The normalized spacial score (nSPS) is 16.4. The van der Waals surface area contributed by atoms with Crippen LogP contribution in [-0.4, -0.2) is 68.9 Å². The molecular weight excluding hydrogens is 466 g/mol. The summed E-state index contributed by atoms with van der Waals surface area (Å²) in [6, 6.07) is 11.6. The first-order chi connectivity index (χ1) is 18.0. The number of amides is 1. The number of methoxy groups -OCH3 is 1. The number of fused-ring (bicyclic) bond motifs is 2. The van der Waals surface area contributed by atoms with Crippen molar-refractivity contribution in [3.63, 3.8) is 0 Å². The summed E-state index contributed by atoms with van der Waals surface area (Å²) in [7, 11) is 5.72.